The Morgan fingerprint density at radius 2 is 1.78 bits per heavy atom. The summed E-state index contributed by atoms with van der Waals surface area (Å²) < 4.78 is 5.22. The second-order valence-corrected chi connectivity index (χ2v) is 4.68. The Bertz CT molecular complexity index is 552. The van der Waals surface area contributed by atoms with Crippen LogP contribution in [0.2, 0.25) is 0 Å². The average molecular weight is 259 g/mol. The lowest BCUT2D eigenvalue weighted by Crippen LogP contribution is -1.90. The van der Waals surface area contributed by atoms with Crippen molar-refractivity contribution in [1.29, 1.82) is 0 Å². The smallest absolute Gasteiger partial charge is 0.224 e. The van der Waals surface area contributed by atoms with Crippen LogP contribution in [0.5, 0.6) is 5.75 Å². The van der Waals surface area contributed by atoms with E-state index >= 15 is 0 Å². The maximum atomic E-state index is 10.8. The number of rotatable bonds is 3. The molecule has 18 heavy (non-hydrogen) atoms. The van der Waals surface area contributed by atoms with Gasteiger partial charge in [-0.25, -0.2) is 0 Å². The standard InChI is InChI=1S/C14H13NO2S/c1-10(16)18-17-12-8-6-11(7-9-12)13-4-2-3-5-14(13)15/h2-9H,15H2,1H3. The average Bonchev–Trinajstić information content (AvgIpc) is 2.38. The first kappa shape index (κ1) is 12.5. The molecule has 0 aliphatic carbocycles. The molecule has 0 aromatic heterocycles. The lowest BCUT2D eigenvalue weighted by molar-refractivity contribution is -0.109. The minimum absolute atomic E-state index is 0.0774. The summed E-state index contributed by atoms with van der Waals surface area (Å²) in [5, 5.41) is -0.0774. The Hall–Kier alpha value is -1.94. The summed E-state index contributed by atoms with van der Waals surface area (Å²) in [7, 11) is 0. The summed E-state index contributed by atoms with van der Waals surface area (Å²) in [4.78, 5) is 10.8. The van der Waals surface area contributed by atoms with Gasteiger partial charge in [0.2, 0.25) is 5.12 Å². The molecule has 0 radical (unpaired) electrons. The van der Waals surface area contributed by atoms with Crippen molar-refractivity contribution in [3.63, 3.8) is 0 Å². The first-order valence-electron chi connectivity index (χ1n) is 5.47. The normalized spacial score (nSPS) is 10.1. The van der Waals surface area contributed by atoms with Crippen LogP contribution in [-0.2, 0) is 4.79 Å². The molecule has 0 heterocycles. The van der Waals surface area contributed by atoms with Gasteiger partial charge in [0.1, 0.15) is 17.8 Å². The molecule has 0 aliphatic rings. The van der Waals surface area contributed by atoms with Crippen molar-refractivity contribution in [1.82, 2.24) is 0 Å². The Labute approximate surface area is 110 Å². The Morgan fingerprint density at radius 1 is 1.11 bits per heavy atom. The first-order chi connectivity index (χ1) is 8.66. The largest absolute Gasteiger partial charge is 0.418 e. The maximum Gasteiger partial charge on any atom is 0.224 e. The van der Waals surface area contributed by atoms with E-state index in [0.717, 1.165) is 28.9 Å². The Balaban J connectivity index is 2.17. The highest BCUT2D eigenvalue weighted by Gasteiger charge is 2.03. The minimum atomic E-state index is -0.0774. The predicted octanol–water partition coefficient (Wildman–Crippen LogP) is 3.51. The summed E-state index contributed by atoms with van der Waals surface area (Å²) in [6.07, 6.45) is 0. The van der Waals surface area contributed by atoms with Gasteiger partial charge in [0, 0.05) is 18.2 Å². The van der Waals surface area contributed by atoms with Gasteiger partial charge in [-0.2, -0.15) is 0 Å². The van der Waals surface area contributed by atoms with Crippen LogP contribution in [0.25, 0.3) is 11.1 Å². The molecule has 0 spiro atoms. The summed E-state index contributed by atoms with van der Waals surface area (Å²) in [5.41, 5.74) is 8.66. The van der Waals surface area contributed by atoms with Crippen molar-refractivity contribution in [2.45, 2.75) is 6.92 Å². The number of para-hydroxylation sites is 1. The summed E-state index contributed by atoms with van der Waals surface area (Å²) in [6, 6.07) is 15.2. The van der Waals surface area contributed by atoms with Crippen molar-refractivity contribution in [2.24, 2.45) is 0 Å². The van der Waals surface area contributed by atoms with Gasteiger partial charge < -0.3 is 9.92 Å². The van der Waals surface area contributed by atoms with E-state index in [1.807, 2.05) is 48.5 Å². The predicted molar refractivity (Wildman–Crippen MR) is 75.2 cm³/mol. The third-order valence-corrected chi connectivity index (χ3v) is 2.89. The van der Waals surface area contributed by atoms with Crippen molar-refractivity contribution in [3.05, 3.63) is 48.5 Å². The van der Waals surface area contributed by atoms with Gasteiger partial charge in [-0.1, -0.05) is 30.3 Å². The fourth-order valence-electron chi connectivity index (χ4n) is 1.56. The van der Waals surface area contributed by atoms with Gasteiger partial charge in [0.15, 0.2) is 0 Å². The highest BCUT2D eigenvalue weighted by atomic mass is 32.2. The minimum Gasteiger partial charge on any atom is -0.418 e. The van der Waals surface area contributed by atoms with Gasteiger partial charge in [0.25, 0.3) is 0 Å². The number of hydrogen-bond acceptors (Lipinski definition) is 4. The first-order valence-corrected chi connectivity index (χ1v) is 6.21. The highest BCUT2D eigenvalue weighted by Crippen LogP contribution is 2.28. The van der Waals surface area contributed by atoms with Crippen LogP contribution in [0.4, 0.5) is 5.69 Å². The molecular weight excluding hydrogens is 246 g/mol. The van der Waals surface area contributed by atoms with Crippen LogP contribution in [0.1, 0.15) is 6.92 Å². The molecule has 2 aromatic carbocycles. The van der Waals surface area contributed by atoms with E-state index in [2.05, 4.69) is 0 Å². The van der Waals surface area contributed by atoms with Crippen LogP contribution in [-0.4, -0.2) is 5.12 Å². The monoisotopic (exact) mass is 259 g/mol. The van der Waals surface area contributed by atoms with Gasteiger partial charge in [-0.3, -0.25) is 4.79 Å². The molecular formula is C14H13NO2S. The zero-order chi connectivity index (χ0) is 13.0. The number of nitrogens with two attached hydrogens (primary N) is 1. The molecule has 3 nitrogen and oxygen atoms in total. The Morgan fingerprint density at radius 3 is 2.39 bits per heavy atom. The number of benzene rings is 2. The molecule has 92 valence electrons. The van der Waals surface area contributed by atoms with Crippen LogP contribution in [0, 0.1) is 0 Å². The zero-order valence-electron chi connectivity index (χ0n) is 9.92. The van der Waals surface area contributed by atoms with Gasteiger partial charge in [-0.05, 0) is 23.8 Å². The van der Waals surface area contributed by atoms with Gasteiger partial charge >= 0.3 is 0 Å². The lowest BCUT2D eigenvalue weighted by Gasteiger charge is -2.06. The fourth-order valence-corrected chi connectivity index (χ4v) is 1.88. The van der Waals surface area contributed by atoms with Crippen LogP contribution in [0.3, 0.4) is 0 Å². The molecule has 0 saturated heterocycles. The topological polar surface area (TPSA) is 52.3 Å². The quantitative estimate of drug-likeness (QED) is 0.677. The van der Waals surface area contributed by atoms with Gasteiger partial charge in [0.05, 0.1) is 0 Å². The molecule has 0 atom stereocenters. The van der Waals surface area contributed by atoms with E-state index in [1.165, 1.54) is 6.92 Å². The number of nitrogen functional groups attached to an aromatic ring is 1. The molecule has 2 N–H and O–H groups in total. The maximum absolute atomic E-state index is 10.8. The highest BCUT2D eigenvalue weighted by molar-refractivity contribution is 8.09. The van der Waals surface area contributed by atoms with Crippen molar-refractivity contribution in [2.75, 3.05) is 5.73 Å². The molecule has 0 amide bonds. The summed E-state index contributed by atoms with van der Waals surface area (Å²) >= 11 is 0.826. The van der Waals surface area contributed by atoms with Crippen LogP contribution < -0.4 is 9.92 Å². The lowest BCUT2D eigenvalue weighted by atomic mass is 10.0. The van der Waals surface area contributed by atoms with E-state index in [-0.39, 0.29) is 5.12 Å². The number of anilines is 1. The van der Waals surface area contributed by atoms with E-state index in [0.29, 0.717) is 5.75 Å². The molecule has 0 unspecified atom stereocenters. The molecule has 0 aliphatic heterocycles. The van der Waals surface area contributed by atoms with Crippen LogP contribution >= 0.6 is 12.0 Å². The summed E-state index contributed by atoms with van der Waals surface area (Å²) in [6.45, 7) is 1.46. The van der Waals surface area contributed by atoms with E-state index in [4.69, 9.17) is 9.92 Å². The van der Waals surface area contributed by atoms with E-state index in [1.54, 1.807) is 0 Å². The molecule has 0 bridgehead atoms. The number of carbonyl (C=O) groups is 1. The van der Waals surface area contributed by atoms with Crippen molar-refractivity contribution < 1.29 is 8.98 Å². The fraction of sp³-hybridized carbons (Fsp3) is 0.0714. The zero-order valence-corrected chi connectivity index (χ0v) is 10.7. The SMILES string of the molecule is CC(=O)SOc1ccc(-c2ccccc2N)cc1. The second kappa shape index (κ2) is 5.60. The van der Waals surface area contributed by atoms with Gasteiger partial charge in [-0.15, -0.1) is 0 Å². The third kappa shape index (κ3) is 3.05. The van der Waals surface area contributed by atoms with E-state index < -0.39 is 0 Å². The third-order valence-electron chi connectivity index (χ3n) is 2.38. The summed E-state index contributed by atoms with van der Waals surface area (Å²) in [5.74, 6) is 0.647. The Kier molecular flexibility index (Phi) is 3.89. The van der Waals surface area contributed by atoms with Crippen molar-refractivity contribution in [3.8, 4) is 16.9 Å². The molecule has 2 rings (SSSR count). The molecule has 0 fully saturated rings. The molecule has 2 aromatic rings. The molecule has 0 saturated carbocycles. The van der Waals surface area contributed by atoms with E-state index in [9.17, 15) is 4.79 Å². The van der Waals surface area contributed by atoms with Crippen molar-refractivity contribution >= 4 is 22.8 Å². The second-order valence-electron chi connectivity index (χ2n) is 3.77. The van der Waals surface area contributed by atoms with Crippen LogP contribution in [0.15, 0.2) is 48.5 Å². The number of hydrogen-bond donors (Lipinski definition) is 1. The number of carbonyl (C=O) groups excluding carboxylic acids is 1. The molecule has 4 heteroatoms.